The Morgan fingerprint density at radius 2 is 1.86 bits per heavy atom. The summed E-state index contributed by atoms with van der Waals surface area (Å²) >= 11 is 0. The monoisotopic (exact) mass is 314 g/mol. The number of carbonyl (C=O) groups is 3. The number of carbonyl (C=O) groups excluding carboxylic acids is 3. The van der Waals surface area contributed by atoms with E-state index in [2.05, 4.69) is 10.6 Å². The van der Waals surface area contributed by atoms with E-state index in [-0.39, 0.29) is 12.3 Å². The first-order chi connectivity index (χ1) is 10.1. The second kappa shape index (κ2) is 7.58. The molecule has 2 amide bonds. The second-order valence-corrected chi connectivity index (χ2v) is 6.80. The Morgan fingerprint density at radius 3 is 2.32 bits per heavy atom. The van der Waals surface area contributed by atoms with Crippen molar-refractivity contribution in [2.45, 2.75) is 64.7 Å². The van der Waals surface area contributed by atoms with E-state index in [4.69, 9.17) is 4.74 Å². The number of nitrogens with one attached hydrogen (secondary N) is 2. The quantitative estimate of drug-likeness (QED) is 0.643. The molecule has 1 rings (SSSR count). The van der Waals surface area contributed by atoms with Crippen LogP contribution >= 0.6 is 0 Å². The Hall–Kier alpha value is -1.63. The van der Waals surface area contributed by atoms with Crippen molar-refractivity contribution in [1.29, 1.82) is 0 Å². The average Bonchev–Trinajstić information content (AvgIpc) is 3.15. The Labute approximate surface area is 130 Å². The largest absolute Gasteiger partial charge is 0.444 e. The van der Waals surface area contributed by atoms with Crippen molar-refractivity contribution in [3.05, 3.63) is 0 Å². The van der Waals surface area contributed by atoms with Crippen LogP contribution in [0.15, 0.2) is 0 Å². The number of ether oxygens (including phenoxy) is 1. The first kappa shape index (κ1) is 18.4. The SMILES string of the molecule is CC(=O)CNC(=O)C(O)C(CC1CC1)NC(=O)OC(C)(C)C. The normalized spacial score (nSPS) is 17.3. The lowest BCUT2D eigenvalue weighted by molar-refractivity contribution is -0.132. The van der Waals surface area contributed by atoms with Gasteiger partial charge in [0, 0.05) is 0 Å². The van der Waals surface area contributed by atoms with Gasteiger partial charge < -0.3 is 20.5 Å². The number of rotatable bonds is 7. The first-order valence-corrected chi connectivity index (χ1v) is 7.53. The van der Waals surface area contributed by atoms with Crippen LogP contribution in [0.1, 0.15) is 47.0 Å². The molecule has 0 bridgehead atoms. The predicted molar refractivity (Wildman–Crippen MR) is 80.2 cm³/mol. The Balaban J connectivity index is 2.60. The van der Waals surface area contributed by atoms with E-state index >= 15 is 0 Å². The van der Waals surface area contributed by atoms with E-state index in [0.717, 1.165) is 12.8 Å². The smallest absolute Gasteiger partial charge is 0.407 e. The Bertz CT molecular complexity index is 426. The minimum Gasteiger partial charge on any atom is -0.444 e. The zero-order valence-corrected chi connectivity index (χ0v) is 13.6. The molecule has 1 aliphatic rings. The van der Waals surface area contributed by atoms with Gasteiger partial charge in [-0.1, -0.05) is 12.8 Å². The number of aliphatic hydroxyl groups is 1. The highest BCUT2D eigenvalue weighted by Gasteiger charge is 2.34. The number of hydrogen-bond donors (Lipinski definition) is 3. The molecule has 0 spiro atoms. The fourth-order valence-electron chi connectivity index (χ4n) is 1.94. The van der Waals surface area contributed by atoms with E-state index in [1.54, 1.807) is 20.8 Å². The molecule has 2 unspecified atom stereocenters. The summed E-state index contributed by atoms with van der Waals surface area (Å²) in [5.74, 6) is -0.480. The molecule has 22 heavy (non-hydrogen) atoms. The summed E-state index contributed by atoms with van der Waals surface area (Å²) < 4.78 is 5.15. The molecular weight excluding hydrogens is 288 g/mol. The molecule has 126 valence electrons. The van der Waals surface area contributed by atoms with Crippen molar-refractivity contribution in [1.82, 2.24) is 10.6 Å². The molecule has 0 radical (unpaired) electrons. The minimum atomic E-state index is -1.41. The summed E-state index contributed by atoms with van der Waals surface area (Å²) in [5.41, 5.74) is -0.657. The van der Waals surface area contributed by atoms with Gasteiger partial charge >= 0.3 is 6.09 Å². The maximum Gasteiger partial charge on any atom is 0.407 e. The number of ketones is 1. The molecule has 3 N–H and O–H groups in total. The minimum absolute atomic E-state index is 0.140. The van der Waals surface area contributed by atoms with Crippen LogP contribution in [0, 0.1) is 5.92 Å². The van der Waals surface area contributed by atoms with Crippen molar-refractivity contribution < 1.29 is 24.2 Å². The maximum absolute atomic E-state index is 11.9. The molecule has 0 aromatic heterocycles. The highest BCUT2D eigenvalue weighted by molar-refractivity contribution is 5.87. The van der Waals surface area contributed by atoms with Gasteiger partial charge in [-0.2, -0.15) is 0 Å². The molecule has 0 aromatic rings. The molecule has 0 aromatic carbocycles. The van der Waals surface area contributed by atoms with Gasteiger partial charge in [0.05, 0.1) is 12.6 Å². The summed E-state index contributed by atoms with van der Waals surface area (Å²) in [4.78, 5) is 34.6. The molecule has 1 fully saturated rings. The molecule has 0 heterocycles. The van der Waals surface area contributed by atoms with Crippen LogP contribution in [-0.4, -0.2) is 47.2 Å². The third-order valence-corrected chi connectivity index (χ3v) is 3.15. The van der Waals surface area contributed by atoms with E-state index in [1.807, 2.05) is 0 Å². The highest BCUT2D eigenvalue weighted by atomic mass is 16.6. The second-order valence-electron chi connectivity index (χ2n) is 6.80. The average molecular weight is 314 g/mol. The number of Topliss-reactive ketones (excluding diaryl/α,β-unsaturated/α-hetero) is 1. The Morgan fingerprint density at radius 1 is 1.27 bits per heavy atom. The molecule has 7 heteroatoms. The van der Waals surface area contributed by atoms with E-state index in [9.17, 15) is 19.5 Å². The standard InChI is InChI=1S/C15H26N2O5/c1-9(18)8-16-13(20)12(19)11(7-10-5-6-10)17-14(21)22-15(2,3)4/h10-12,19H,5-8H2,1-4H3,(H,16,20)(H,17,21). The molecule has 0 aliphatic heterocycles. The topological polar surface area (TPSA) is 105 Å². The van der Waals surface area contributed by atoms with Crippen molar-refractivity contribution >= 4 is 17.8 Å². The van der Waals surface area contributed by atoms with Gasteiger partial charge in [0.2, 0.25) is 0 Å². The van der Waals surface area contributed by atoms with Crippen molar-refractivity contribution in [2.24, 2.45) is 5.92 Å². The van der Waals surface area contributed by atoms with Crippen molar-refractivity contribution in [3.8, 4) is 0 Å². The number of aliphatic hydroxyl groups excluding tert-OH is 1. The third-order valence-electron chi connectivity index (χ3n) is 3.15. The molecule has 2 atom stereocenters. The first-order valence-electron chi connectivity index (χ1n) is 7.53. The third kappa shape index (κ3) is 7.40. The predicted octanol–water partition coefficient (Wildman–Crippen LogP) is 0.746. The summed E-state index contributed by atoms with van der Waals surface area (Å²) in [6.45, 7) is 6.40. The van der Waals surface area contributed by atoms with E-state index in [0.29, 0.717) is 12.3 Å². The summed E-state index contributed by atoms with van der Waals surface area (Å²) in [5, 5.41) is 15.0. The lowest BCUT2D eigenvalue weighted by Crippen LogP contribution is -2.52. The van der Waals surface area contributed by atoms with Crippen LogP contribution in [0.4, 0.5) is 4.79 Å². The zero-order valence-electron chi connectivity index (χ0n) is 13.6. The maximum atomic E-state index is 11.9. The van der Waals surface area contributed by atoms with Crippen molar-refractivity contribution in [2.75, 3.05) is 6.54 Å². The summed E-state index contributed by atoms with van der Waals surface area (Å²) in [7, 11) is 0. The van der Waals surface area contributed by atoms with E-state index in [1.165, 1.54) is 6.92 Å². The number of alkyl carbamates (subject to hydrolysis) is 1. The van der Waals surface area contributed by atoms with Gasteiger partial charge in [0.25, 0.3) is 5.91 Å². The van der Waals surface area contributed by atoms with Gasteiger partial charge in [0.1, 0.15) is 11.4 Å². The van der Waals surface area contributed by atoms with Crippen molar-refractivity contribution in [3.63, 3.8) is 0 Å². The molecule has 1 aliphatic carbocycles. The number of hydrogen-bond acceptors (Lipinski definition) is 5. The molecular formula is C15H26N2O5. The van der Waals surface area contributed by atoms with Crippen LogP contribution < -0.4 is 10.6 Å². The summed E-state index contributed by atoms with van der Waals surface area (Å²) in [6.07, 6.45) is 0.472. The molecule has 7 nitrogen and oxygen atoms in total. The van der Waals surface area contributed by atoms with Crippen LogP contribution in [0.3, 0.4) is 0 Å². The molecule has 0 saturated heterocycles. The van der Waals surface area contributed by atoms with Crippen LogP contribution in [0.2, 0.25) is 0 Å². The molecule has 1 saturated carbocycles. The highest BCUT2D eigenvalue weighted by Crippen LogP contribution is 2.34. The van der Waals surface area contributed by atoms with Crippen LogP contribution in [-0.2, 0) is 14.3 Å². The van der Waals surface area contributed by atoms with Crippen LogP contribution in [0.25, 0.3) is 0 Å². The van der Waals surface area contributed by atoms with Gasteiger partial charge in [-0.25, -0.2) is 4.79 Å². The fourth-order valence-corrected chi connectivity index (χ4v) is 1.94. The zero-order chi connectivity index (χ0) is 16.9. The van der Waals surface area contributed by atoms with Gasteiger partial charge in [-0.3, -0.25) is 9.59 Å². The van der Waals surface area contributed by atoms with Gasteiger partial charge in [0.15, 0.2) is 6.10 Å². The lowest BCUT2D eigenvalue weighted by atomic mass is 10.0. The Kier molecular flexibility index (Phi) is 6.34. The number of amides is 2. The van der Waals surface area contributed by atoms with E-state index < -0.39 is 29.7 Å². The van der Waals surface area contributed by atoms with Gasteiger partial charge in [-0.05, 0) is 40.0 Å². The van der Waals surface area contributed by atoms with Crippen LogP contribution in [0.5, 0.6) is 0 Å². The fraction of sp³-hybridized carbons (Fsp3) is 0.800. The summed E-state index contributed by atoms with van der Waals surface area (Å²) in [6, 6.07) is -0.727. The lowest BCUT2D eigenvalue weighted by Gasteiger charge is -2.26. The van der Waals surface area contributed by atoms with Gasteiger partial charge in [-0.15, -0.1) is 0 Å².